The standard InChI is InChI=1S/C14H10F3NO6/c1-2-23-13(22)9-5-10(19)7-3-6(24-14(15,16)17)4-8(12(20)21)11(7)18-9/h3-5H,2H2,1H3,(H,18,19)(H,20,21). The Kier molecular flexibility index (Phi) is 4.49. The largest absolute Gasteiger partial charge is 0.573 e. The van der Waals surface area contributed by atoms with E-state index in [2.05, 4.69) is 14.5 Å². The second kappa shape index (κ2) is 6.22. The molecule has 128 valence electrons. The number of pyridine rings is 1. The number of carboxylic acids is 1. The minimum atomic E-state index is -5.04. The van der Waals surface area contributed by atoms with Crippen LogP contribution in [0.15, 0.2) is 18.2 Å². The highest BCUT2D eigenvalue weighted by Gasteiger charge is 2.32. The van der Waals surface area contributed by atoms with Crippen LogP contribution < -0.4 is 4.74 Å². The van der Waals surface area contributed by atoms with Crippen molar-refractivity contribution in [3.8, 4) is 11.5 Å². The van der Waals surface area contributed by atoms with Crippen LogP contribution in [0.5, 0.6) is 11.5 Å². The Morgan fingerprint density at radius 3 is 2.46 bits per heavy atom. The monoisotopic (exact) mass is 345 g/mol. The van der Waals surface area contributed by atoms with Crippen molar-refractivity contribution >= 4 is 22.8 Å². The van der Waals surface area contributed by atoms with Crippen LogP contribution in [0.25, 0.3) is 10.9 Å². The van der Waals surface area contributed by atoms with Gasteiger partial charge < -0.3 is 19.7 Å². The molecule has 0 atom stereocenters. The van der Waals surface area contributed by atoms with E-state index in [9.17, 15) is 27.9 Å². The molecule has 0 saturated carbocycles. The highest BCUT2D eigenvalue weighted by Crippen LogP contribution is 2.33. The number of hydrogen-bond donors (Lipinski definition) is 2. The average molecular weight is 345 g/mol. The van der Waals surface area contributed by atoms with Crippen molar-refractivity contribution in [1.29, 1.82) is 0 Å². The minimum absolute atomic E-state index is 0.0173. The Morgan fingerprint density at radius 2 is 1.92 bits per heavy atom. The quantitative estimate of drug-likeness (QED) is 0.821. The Morgan fingerprint density at radius 1 is 1.25 bits per heavy atom. The molecule has 1 aromatic carbocycles. The normalized spacial score (nSPS) is 11.3. The first-order valence-corrected chi connectivity index (χ1v) is 6.46. The van der Waals surface area contributed by atoms with Gasteiger partial charge in [0, 0.05) is 11.5 Å². The third-order valence-corrected chi connectivity index (χ3v) is 2.81. The third-order valence-electron chi connectivity index (χ3n) is 2.81. The molecule has 0 amide bonds. The lowest BCUT2D eigenvalue weighted by atomic mass is 10.1. The molecule has 0 spiro atoms. The molecule has 7 nitrogen and oxygen atoms in total. The number of aromatic carboxylic acids is 1. The van der Waals surface area contributed by atoms with Gasteiger partial charge in [-0.3, -0.25) is 0 Å². The summed E-state index contributed by atoms with van der Waals surface area (Å²) in [5, 5.41) is 18.8. The second-order valence-corrected chi connectivity index (χ2v) is 4.47. The molecule has 0 radical (unpaired) electrons. The summed E-state index contributed by atoms with van der Waals surface area (Å²) in [4.78, 5) is 26.7. The molecule has 0 saturated heterocycles. The fraction of sp³-hybridized carbons (Fsp3) is 0.214. The van der Waals surface area contributed by atoms with Crippen molar-refractivity contribution in [2.45, 2.75) is 13.3 Å². The number of esters is 1. The van der Waals surface area contributed by atoms with E-state index in [0.29, 0.717) is 6.07 Å². The maximum atomic E-state index is 12.3. The van der Waals surface area contributed by atoms with Crippen molar-refractivity contribution in [2.24, 2.45) is 0 Å². The summed E-state index contributed by atoms with van der Waals surface area (Å²) >= 11 is 0. The highest BCUT2D eigenvalue weighted by atomic mass is 19.4. The fourth-order valence-electron chi connectivity index (χ4n) is 1.95. The number of ether oxygens (including phenoxy) is 2. The number of alkyl halides is 3. The van der Waals surface area contributed by atoms with Gasteiger partial charge in [0.1, 0.15) is 11.5 Å². The second-order valence-electron chi connectivity index (χ2n) is 4.47. The van der Waals surface area contributed by atoms with Crippen LogP contribution in [-0.2, 0) is 4.74 Å². The molecule has 10 heteroatoms. The minimum Gasteiger partial charge on any atom is -0.507 e. The number of carboxylic acid groups (broad SMARTS) is 1. The van der Waals surface area contributed by atoms with E-state index in [1.54, 1.807) is 0 Å². The summed E-state index contributed by atoms with van der Waals surface area (Å²) in [5.74, 6) is -4.01. The molecule has 1 heterocycles. The zero-order valence-corrected chi connectivity index (χ0v) is 12.0. The first-order valence-electron chi connectivity index (χ1n) is 6.46. The fourth-order valence-corrected chi connectivity index (χ4v) is 1.95. The lowest BCUT2D eigenvalue weighted by Crippen LogP contribution is -2.17. The highest BCUT2D eigenvalue weighted by molar-refractivity contribution is 6.05. The van der Waals surface area contributed by atoms with Gasteiger partial charge in [0.2, 0.25) is 0 Å². The molecule has 2 aromatic rings. The Hall–Kier alpha value is -3.04. The van der Waals surface area contributed by atoms with Gasteiger partial charge in [-0.1, -0.05) is 0 Å². The van der Waals surface area contributed by atoms with Gasteiger partial charge in [0.05, 0.1) is 17.7 Å². The smallest absolute Gasteiger partial charge is 0.507 e. The van der Waals surface area contributed by atoms with Crippen LogP contribution in [-0.4, -0.2) is 40.1 Å². The van der Waals surface area contributed by atoms with E-state index in [1.165, 1.54) is 6.92 Å². The molecule has 0 aliphatic carbocycles. The molecule has 0 aliphatic rings. The summed E-state index contributed by atoms with van der Waals surface area (Å²) in [6.45, 7) is 1.55. The molecule has 0 unspecified atom stereocenters. The number of hydrogen-bond acceptors (Lipinski definition) is 6. The van der Waals surface area contributed by atoms with Crippen LogP contribution in [0.2, 0.25) is 0 Å². The van der Waals surface area contributed by atoms with E-state index in [0.717, 1.165) is 12.1 Å². The first-order chi connectivity index (χ1) is 11.1. The molecule has 2 rings (SSSR count). The van der Waals surface area contributed by atoms with Crippen molar-refractivity contribution < 1.29 is 42.4 Å². The third kappa shape index (κ3) is 3.65. The van der Waals surface area contributed by atoms with Crippen LogP contribution in [0.3, 0.4) is 0 Å². The van der Waals surface area contributed by atoms with Crippen molar-refractivity contribution in [3.63, 3.8) is 0 Å². The van der Waals surface area contributed by atoms with Gasteiger partial charge in [-0.15, -0.1) is 13.2 Å². The average Bonchev–Trinajstić information content (AvgIpc) is 2.45. The van der Waals surface area contributed by atoms with Crippen LogP contribution in [0, 0.1) is 0 Å². The number of benzene rings is 1. The van der Waals surface area contributed by atoms with Crippen molar-refractivity contribution in [1.82, 2.24) is 4.98 Å². The number of carbonyl (C=O) groups is 2. The number of fused-ring (bicyclic) bond motifs is 1. The van der Waals surface area contributed by atoms with Gasteiger partial charge in [0.15, 0.2) is 5.69 Å². The molecule has 0 aliphatic heterocycles. The van der Waals surface area contributed by atoms with Crippen LogP contribution >= 0.6 is 0 Å². The van der Waals surface area contributed by atoms with E-state index in [-0.39, 0.29) is 23.2 Å². The predicted octanol–water partition coefficient (Wildman–Crippen LogP) is 2.71. The number of aromatic hydroxyl groups is 1. The van der Waals surface area contributed by atoms with E-state index in [4.69, 9.17) is 5.11 Å². The number of nitrogens with zero attached hydrogens (tertiary/aromatic N) is 1. The molecule has 0 bridgehead atoms. The summed E-state index contributed by atoms with van der Waals surface area (Å²) < 4.78 is 45.3. The van der Waals surface area contributed by atoms with Crippen LogP contribution in [0.1, 0.15) is 27.8 Å². The predicted molar refractivity (Wildman–Crippen MR) is 73.0 cm³/mol. The molecule has 1 aromatic heterocycles. The van der Waals surface area contributed by atoms with Gasteiger partial charge in [0.25, 0.3) is 0 Å². The molecule has 0 fully saturated rings. The van der Waals surface area contributed by atoms with E-state index < -0.39 is 35.4 Å². The summed E-state index contributed by atoms with van der Waals surface area (Å²) in [6.07, 6.45) is -5.04. The van der Waals surface area contributed by atoms with Gasteiger partial charge >= 0.3 is 18.3 Å². The number of halogens is 3. The van der Waals surface area contributed by atoms with Gasteiger partial charge in [-0.05, 0) is 19.1 Å². The van der Waals surface area contributed by atoms with E-state index in [1.807, 2.05) is 0 Å². The molecular formula is C14H10F3NO6. The molecular weight excluding hydrogens is 335 g/mol. The first kappa shape index (κ1) is 17.3. The van der Waals surface area contributed by atoms with Crippen LogP contribution in [0.4, 0.5) is 13.2 Å². The molecule has 2 N–H and O–H groups in total. The lowest BCUT2D eigenvalue weighted by Gasteiger charge is -2.12. The van der Waals surface area contributed by atoms with Gasteiger partial charge in [-0.25, -0.2) is 14.6 Å². The topological polar surface area (TPSA) is 106 Å². The zero-order valence-electron chi connectivity index (χ0n) is 12.0. The van der Waals surface area contributed by atoms with Crippen molar-refractivity contribution in [2.75, 3.05) is 6.61 Å². The Bertz CT molecular complexity index is 818. The number of aromatic nitrogens is 1. The number of carbonyl (C=O) groups excluding carboxylic acids is 1. The maximum Gasteiger partial charge on any atom is 0.573 e. The summed E-state index contributed by atoms with van der Waals surface area (Å²) in [5.41, 5.74) is -1.43. The summed E-state index contributed by atoms with van der Waals surface area (Å²) in [7, 11) is 0. The zero-order chi connectivity index (χ0) is 18.1. The lowest BCUT2D eigenvalue weighted by molar-refractivity contribution is -0.274. The molecule has 24 heavy (non-hydrogen) atoms. The van der Waals surface area contributed by atoms with Crippen molar-refractivity contribution in [3.05, 3.63) is 29.5 Å². The Labute approximate surface area is 132 Å². The summed E-state index contributed by atoms with van der Waals surface area (Å²) in [6, 6.07) is 2.23. The van der Waals surface area contributed by atoms with Gasteiger partial charge in [-0.2, -0.15) is 0 Å². The SMILES string of the molecule is CCOC(=O)c1cc(O)c2cc(OC(F)(F)F)cc(C(=O)O)c2n1. The Balaban J connectivity index is 2.69. The van der Waals surface area contributed by atoms with E-state index >= 15 is 0 Å². The maximum absolute atomic E-state index is 12.3. The number of rotatable bonds is 4.